The number of ether oxygens (including phenoxy) is 1. The first kappa shape index (κ1) is 11.6. The van der Waals surface area contributed by atoms with Crippen molar-refractivity contribution < 1.29 is 4.74 Å². The Labute approximate surface area is 88.5 Å². The fourth-order valence-corrected chi connectivity index (χ4v) is 1.90. The van der Waals surface area contributed by atoms with E-state index in [1.807, 2.05) is 0 Å². The van der Waals surface area contributed by atoms with Crippen molar-refractivity contribution in [3.05, 3.63) is 11.8 Å². The van der Waals surface area contributed by atoms with Crippen LogP contribution in [0.5, 0.6) is 0 Å². The van der Waals surface area contributed by atoms with Crippen LogP contribution in [-0.2, 0) is 4.74 Å². The Kier molecular flexibility index (Phi) is 6.55. The summed E-state index contributed by atoms with van der Waals surface area (Å²) in [5.74, 6) is 1.25. The predicted molar refractivity (Wildman–Crippen MR) is 61.3 cm³/mol. The molecule has 0 radical (unpaired) electrons. The Morgan fingerprint density at radius 1 is 1.07 bits per heavy atom. The highest BCUT2D eigenvalue weighted by atomic mass is 16.5. The fraction of sp³-hybridized carbons (Fsp3) is 0.846. The average molecular weight is 196 g/mol. The summed E-state index contributed by atoms with van der Waals surface area (Å²) in [4.78, 5) is 0. The Morgan fingerprint density at radius 3 is 2.43 bits per heavy atom. The second kappa shape index (κ2) is 7.90. The van der Waals surface area contributed by atoms with Crippen LogP contribution in [0.4, 0.5) is 0 Å². The topological polar surface area (TPSA) is 9.23 Å². The van der Waals surface area contributed by atoms with Gasteiger partial charge in [-0.15, -0.1) is 0 Å². The van der Waals surface area contributed by atoms with Gasteiger partial charge in [0.25, 0.3) is 0 Å². The first-order valence-corrected chi connectivity index (χ1v) is 6.25. The highest BCUT2D eigenvalue weighted by Crippen LogP contribution is 2.17. The van der Waals surface area contributed by atoms with E-state index in [4.69, 9.17) is 4.74 Å². The Hall–Kier alpha value is -0.460. The molecule has 1 aliphatic rings. The molecule has 0 saturated carbocycles. The highest BCUT2D eigenvalue weighted by Gasteiger charge is 2.03. The van der Waals surface area contributed by atoms with Crippen molar-refractivity contribution in [1.82, 2.24) is 0 Å². The van der Waals surface area contributed by atoms with Crippen LogP contribution in [0.25, 0.3) is 0 Å². The zero-order valence-electron chi connectivity index (χ0n) is 9.56. The summed E-state index contributed by atoms with van der Waals surface area (Å²) in [5, 5.41) is 0. The zero-order chi connectivity index (χ0) is 10.1. The largest absolute Gasteiger partial charge is 0.498 e. The first-order chi connectivity index (χ1) is 6.93. The number of allylic oxidation sites excluding steroid dienone is 1. The van der Waals surface area contributed by atoms with E-state index in [2.05, 4.69) is 13.0 Å². The lowest BCUT2D eigenvalue weighted by Crippen LogP contribution is -1.86. The van der Waals surface area contributed by atoms with Crippen LogP contribution < -0.4 is 0 Å². The molecule has 1 rings (SSSR count). The van der Waals surface area contributed by atoms with Crippen molar-refractivity contribution in [2.75, 3.05) is 6.61 Å². The SMILES string of the molecule is CCCCCCCCCC1=CCCO1. The molecule has 0 aromatic rings. The molecule has 0 bridgehead atoms. The van der Waals surface area contributed by atoms with Crippen LogP contribution in [0, 0.1) is 0 Å². The minimum Gasteiger partial charge on any atom is -0.498 e. The van der Waals surface area contributed by atoms with E-state index in [1.165, 1.54) is 57.1 Å². The summed E-state index contributed by atoms with van der Waals surface area (Å²) in [6.07, 6.45) is 14.3. The monoisotopic (exact) mass is 196 g/mol. The second-order valence-corrected chi connectivity index (χ2v) is 4.18. The maximum atomic E-state index is 5.46. The number of rotatable bonds is 8. The van der Waals surface area contributed by atoms with Crippen LogP contribution >= 0.6 is 0 Å². The van der Waals surface area contributed by atoms with Crippen LogP contribution in [0.15, 0.2) is 11.8 Å². The smallest absolute Gasteiger partial charge is 0.0921 e. The summed E-state index contributed by atoms with van der Waals surface area (Å²) in [6.45, 7) is 3.19. The van der Waals surface area contributed by atoms with E-state index in [-0.39, 0.29) is 0 Å². The Bertz CT molecular complexity index is 161. The molecule has 0 fully saturated rings. The number of unbranched alkanes of at least 4 members (excludes halogenated alkanes) is 6. The van der Waals surface area contributed by atoms with Gasteiger partial charge in [-0.05, 0) is 12.5 Å². The Morgan fingerprint density at radius 2 is 1.79 bits per heavy atom. The number of hydrogen-bond donors (Lipinski definition) is 0. The van der Waals surface area contributed by atoms with E-state index in [1.54, 1.807) is 0 Å². The van der Waals surface area contributed by atoms with E-state index in [9.17, 15) is 0 Å². The lowest BCUT2D eigenvalue weighted by molar-refractivity contribution is 0.232. The van der Waals surface area contributed by atoms with Gasteiger partial charge < -0.3 is 4.74 Å². The molecule has 0 aliphatic carbocycles. The molecule has 0 spiro atoms. The molecule has 0 aromatic carbocycles. The molecular formula is C13H24O. The molecule has 1 heteroatoms. The molecule has 82 valence electrons. The maximum absolute atomic E-state index is 5.46. The lowest BCUT2D eigenvalue weighted by atomic mass is 10.1. The van der Waals surface area contributed by atoms with Crippen LogP contribution in [-0.4, -0.2) is 6.61 Å². The number of hydrogen-bond acceptors (Lipinski definition) is 1. The third kappa shape index (κ3) is 5.31. The third-order valence-corrected chi connectivity index (χ3v) is 2.80. The van der Waals surface area contributed by atoms with Crippen molar-refractivity contribution in [2.45, 2.75) is 64.7 Å². The second-order valence-electron chi connectivity index (χ2n) is 4.18. The predicted octanol–water partition coefficient (Wildman–Crippen LogP) is 4.43. The van der Waals surface area contributed by atoms with Gasteiger partial charge in [-0.3, -0.25) is 0 Å². The third-order valence-electron chi connectivity index (χ3n) is 2.80. The molecular weight excluding hydrogens is 172 g/mol. The normalized spacial score (nSPS) is 15.4. The molecule has 1 aliphatic heterocycles. The van der Waals surface area contributed by atoms with Crippen LogP contribution in [0.3, 0.4) is 0 Å². The minimum absolute atomic E-state index is 0.922. The van der Waals surface area contributed by atoms with Gasteiger partial charge in [0.2, 0.25) is 0 Å². The quantitative estimate of drug-likeness (QED) is 0.522. The maximum Gasteiger partial charge on any atom is 0.0921 e. The van der Waals surface area contributed by atoms with Crippen LogP contribution in [0.2, 0.25) is 0 Å². The first-order valence-electron chi connectivity index (χ1n) is 6.25. The summed E-state index contributed by atoms with van der Waals surface area (Å²) < 4.78 is 5.46. The minimum atomic E-state index is 0.922. The van der Waals surface area contributed by atoms with Crippen molar-refractivity contribution in [2.24, 2.45) is 0 Å². The zero-order valence-corrected chi connectivity index (χ0v) is 9.56. The van der Waals surface area contributed by atoms with Gasteiger partial charge >= 0.3 is 0 Å². The van der Waals surface area contributed by atoms with Gasteiger partial charge in [0.05, 0.1) is 12.4 Å². The molecule has 14 heavy (non-hydrogen) atoms. The van der Waals surface area contributed by atoms with Gasteiger partial charge in [0, 0.05) is 12.8 Å². The fourth-order valence-electron chi connectivity index (χ4n) is 1.90. The van der Waals surface area contributed by atoms with Gasteiger partial charge in [-0.25, -0.2) is 0 Å². The van der Waals surface area contributed by atoms with Crippen molar-refractivity contribution in [3.8, 4) is 0 Å². The molecule has 0 N–H and O–H groups in total. The van der Waals surface area contributed by atoms with Gasteiger partial charge in [-0.2, -0.15) is 0 Å². The highest BCUT2D eigenvalue weighted by molar-refractivity contribution is 4.97. The molecule has 1 heterocycles. The van der Waals surface area contributed by atoms with Crippen molar-refractivity contribution in [3.63, 3.8) is 0 Å². The van der Waals surface area contributed by atoms with E-state index in [0.717, 1.165) is 13.0 Å². The molecule has 0 amide bonds. The molecule has 0 unspecified atom stereocenters. The van der Waals surface area contributed by atoms with E-state index >= 15 is 0 Å². The van der Waals surface area contributed by atoms with E-state index in [0.29, 0.717) is 0 Å². The van der Waals surface area contributed by atoms with Gasteiger partial charge in [0.1, 0.15) is 0 Å². The van der Waals surface area contributed by atoms with Gasteiger partial charge in [-0.1, -0.05) is 45.4 Å². The summed E-state index contributed by atoms with van der Waals surface area (Å²) >= 11 is 0. The Balaban J connectivity index is 1.80. The molecule has 0 atom stereocenters. The molecule has 1 nitrogen and oxygen atoms in total. The standard InChI is InChI=1S/C13H24O/c1-2-3-4-5-6-7-8-10-13-11-9-12-14-13/h11H,2-10,12H2,1H3. The van der Waals surface area contributed by atoms with Gasteiger partial charge in [0.15, 0.2) is 0 Å². The summed E-state index contributed by atoms with van der Waals surface area (Å²) in [7, 11) is 0. The molecule has 0 saturated heterocycles. The summed E-state index contributed by atoms with van der Waals surface area (Å²) in [5.41, 5.74) is 0. The lowest BCUT2D eigenvalue weighted by Gasteiger charge is -2.03. The molecule has 0 aromatic heterocycles. The van der Waals surface area contributed by atoms with E-state index < -0.39 is 0 Å². The summed E-state index contributed by atoms with van der Waals surface area (Å²) in [6, 6.07) is 0. The van der Waals surface area contributed by atoms with Crippen LogP contribution in [0.1, 0.15) is 64.7 Å². The average Bonchev–Trinajstić information content (AvgIpc) is 2.69. The van der Waals surface area contributed by atoms with Crippen molar-refractivity contribution in [1.29, 1.82) is 0 Å². The van der Waals surface area contributed by atoms with Crippen molar-refractivity contribution >= 4 is 0 Å².